The first-order valence-corrected chi connectivity index (χ1v) is 6.87. The minimum absolute atomic E-state index is 0.648. The Morgan fingerprint density at radius 3 is 2.76 bits per heavy atom. The zero-order valence-electron chi connectivity index (χ0n) is 9.83. The van der Waals surface area contributed by atoms with Crippen LogP contribution < -0.4 is 5.73 Å². The van der Waals surface area contributed by atoms with E-state index in [0.717, 1.165) is 27.5 Å². The van der Waals surface area contributed by atoms with Crippen LogP contribution in [0.3, 0.4) is 0 Å². The maximum absolute atomic E-state index is 6.15. The van der Waals surface area contributed by atoms with Crippen LogP contribution in [-0.2, 0) is 6.42 Å². The quantitative estimate of drug-likeness (QED) is 0.907. The molecule has 0 bridgehead atoms. The van der Waals surface area contributed by atoms with Crippen molar-refractivity contribution < 1.29 is 0 Å². The second-order valence-corrected chi connectivity index (χ2v) is 5.64. The molecule has 2 aromatic rings. The topological polar surface area (TPSA) is 38.9 Å². The van der Waals surface area contributed by atoms with E-state index in [4.69, 9.17) is 10.7 Å². The summed E-state index contributed by atoms with van der Waals surface area (Å²) >= 11 is 3.53. The smallest absolute Gasteiger partial charge is 0.0758 e. The fourth-order valence-electron chi connectivity index (χ4n) is 2.26. The molecule has 88 valence electrons. The molecule has 1 heterocycles. The Bertz CT molecular complexity index is 588. The monoisotopic (exact) mass is 290 g/mol. The number of nitrogens with two attached hydrogens (primary N) is 1. The Morgan fingerprint density at radius 2 is 2.12 bits per heavy atom. The van der Waals surface area contributed by atoms with Crippen LogP contribution in [0.15, 0.2) is 22.7 Å². The number of anilines is 1. The highest BCUT2D eigenvalue weighted by molar-refractivity contribution is 9.10. The van der Waals surface area contributed by atoms with Gasteiger partial charge in [0.25, 0.3) is 0 Å². The first-order chi connectivity index (χ1) is 8.19. The van der Waals surface area contributed by atoms with Crippen molar-refractivity contribution in [1.82, 2.24) is 4.98 Å². The Labute approximate surface area is 109 Å². The molecule has 1 aromatic carbocycles. The molecule has 2 nitrogen and oxygen atoms in total. The van der Waals surface area contributed by atoms with E-state index in [1.54, 1.807) is 0 Å². The molecule has 17 heavy (non-hydrogen) atoms. The molecule has 1 fully saturated rings. The Hall–Kier alpha value is -1.09. The molecule has 1 aliphatic rings. The van der Waals surface area contributed by atoms with Gasteiger partial charge in [-0.15, -0.1) is 0 Å². The summed E-state index contributed by atoms with van der Waals surface area (Å²) in [6.07, 6.45) is 3.50. The van der Waals surface area contributed by atoms with Gasteiger partial charge < -0.3 is 5.73 Å². The zero-order valence-corrected chi connectivity index (χ0v) is 11.4. The summed E-state index contributed by atoms with van der Waals surface area (Å²) < 4.78 is 1.08. The van der Waals surface area contributed by atoms with Gasteiger partial charge in [-0.25, -0.2) is 0 Å². The summed E-state index contributed by atoms with van der Waals surface area (Å²) in [5.41, 5.74) is 10.5. The highest BCUT2D eigenvalue weighted by atomic mass is 79.9. The molecule has 0 amide bonds. The van der Waals surface area contributed by atoms with Crippen molar-refractivity contribution in [2.24, 2.45) is 0 Å². The third-order valence-corrected chi connectivity index (χ3v) is 3.84. The van der Waals surface area contributed by atoms with Crippen molar-refractivity contribution in [2.45, 2.75) is 32.1 Å². The average molecular weight is 291 g/mol. The van der Waals surface area contributed by atoms with Gasteiger partial charge in [0.2, 0.25) is 0 Å². The highest BCUT2D eigenvalue weighted by Crippen LogP contribution is 2.41. The molecule has 3 rings (SSSR count). The first-order valence-electron chi connectivity index (χ1n) is 6.07. The first kappa shape index (κ1) is 11.0. The number of nitrogen functional groups attached to an aromatic ring is 1. The van der Waals surface area contributed by atoms with E-state index < -0.39 is 0 Å². The second-order valence-electron chi connectivity index (χ2n) is 4.73. The molecular weight excluding hydrogens is 276 g/mol. The molecule has 0 spiro atoms. The fourth-order valence-corrected chi connectivity index (χ4v) is 2.77. The van der Waals surface area contributed by atoms with Crippen molar-refractivity contribution in [3.63, 3.8) is 0 Å². The number of pyridine rings is 1. The summed E-state index contributed by atoms with van der Waals surface area (Å²) in [4.78, 5) is 4.81. The van der Waals surface area contributed by atoms with Crippen molar-refractivity contribution in [1.29, 1.82) is 0 Å². The normalized spacial score (nSPS) is 15.4. The SMILES string of the molecule is CCc1cc(Br)cc2c(N)cc(C3CC3)nc12. The molecule has 2 N–H and O–H groups in total. The fraction of sp³-hybridized carbons (Fsp3) is 0.357. The van der Waals surface area contributed by atoms with E-state index in [1.807, 2.05) is 6.07 Å². The minimum atomic E-state index is 0.648. The average Bonchev–Trinajstić information content (AvgIpc) is 3.12. The molecule has 3 heteroatoms. The lowest BCUT2D eigenvalue weighted by Crippen LogP contribution is -1.97. The molecule has 0 atom stereocenters. The summed E-state index contributed by atoms with van der Waals surface area (Å²) in [5.74, 6) is 0.648. The van der Waals surface area contributed by atoms with Crippen molar-refractivity contribution in [3.8, 4) is 0 Å². The predicted molar refractivity (Wildman–Crippen MR) is 75.2 cm³/mol. The lowest BCUT2D eigenvalue weighted by molar-refractivity contribution is 1.03. The maximum Gasteiger partial charge on any atom is 0.0758 e. The van der Waals surface area contributed by atoms with Gasteiger partial charge in [0.05, 0.1) is 5.52 Å². The molecule has 0 unspecified atom stereocenters. The van der Waals surface area contributed by atoms with E-state index >= 15 is 0 Å². The molecular formula is C14H15BrN2. The van der Waals surface area contributed by atoms with Crippen LogP contribution >= 0.6 is 15.9 Å². The number of aryl methyl sites for hydroxylation is 1. The number of hydrogen-bond donors (Lipinski definition) is 1. The Morgan fingerprint density at radius 1 is 1.35 bits per heavy atom. The van der Waals surface area contributed by atoms with E-state index in [2.05, 4.69) is 35.0 Å². The van der Waals surface area contributed by atoms with Crippen LogP contribution in [0, 0.1) is 0 Å². The second kappa shape index (κ2) is 3.98. The Balaban J connectivity index is 2.31. The van der Waals surface area contributed by atoms with Gasteiger partial charge in [-0.1, -0.05) is 22.9 Å². The predicted octanol–water partition coefficient (Wildman–Crippen LogP) is 4.02. The molecule has 1 aromatic heterocycles. The van der Waals surface area contributed by atoms with Crippen molar-refractivity contribution in [3.05, 3.63) is 33.9 Å². The van der Waals surface area contributed by atoms with Crippen LogP contribution in [0.2, 0.25) is 0 Å². The molecule has 1 aliphatic carbocycles. The number of halogens is 1. The minimum Gasteiger partial charge on any atom is -0.398 e. The van der Waals surface area contributed by atoms with Crippen LogP contribution in [0.1, 0.15) is 36.9 Å². The number of rotatable bonds is 2. The van der Waals surface area contributed by atoms with Crippen LogP contribution in [0.5, 0.6) is 0 Å². The highest BCUT2D eigenvalue weighted by Gasteiger charge is 2.26. The van der Waals surface area contributed by atoms with Gasteiger partial charge >= 0.3 is 0 Å². The summed E-state index contributed by atoms with van der Waals surface area (Å²) in [5, 5.41) is 1.07. The Kier molecular flexibility index (Phi) is 2.58. The van der Waals surface area contributed by atoms with E-state index in [9.17, 15) is 0 Å². The van der Waals surface area contributed by atoms with Crippen LogP contribution in [0.4, 0.5) is 5.69 Å². The number of fused-ring (bicyclic) bond motifs is 1. The summed E-state index contributed by atoms with van der Waals surface area (Å²) in [7, 11) is 0. The van der Waals surface area contributed by atoms with Gasteiger partial charge in [-0.05, 0) is 43.0 Å². The molecule has 1 saturated carbocycles. The van der Waals surface area contributed by atoms with Gasteiger partial charge in [0, 0.05) is 27.2 Å². The number of aromatic nitrogens is 1. The van der Waals surface area contributed by atoms with Crippen LogP contribution in [0.25, 0.3) is 10.9 Å². The van der Waals surface area contributed by atoms with E-state index in [-0.39, 0.29) is 0 Å². The van der Waals surface area contributed by atoms with Gasteiger partial charge in [-0.3, -0.25) is 4.98 Å². The lowest BCUT2D eigenvalue weighted by atomic mass is 10.0. The third kappa shape index (κ3) is 1.93. The van der Waals surface area contributed by atoms with Crippen molar-refractivity contribution >= 4 is 32.5 Å². The number of benzene rings is 1. The summed E-state index contributed by atoms with van der Waals surface area (Å²) in [6, 6.07) is 6.25. The lowest BCUT2D eigenvalue weighted by Gasteiger charge is -2.10. The van der Waals surface area contributed by atoms with Gasteiger partial charge in [0.15, 0.2) is 0 Å². The maximum atomic E-state index is 6.15. The zero-order chi connectivity index (χ0) is 12.0. The number of nitrogens with zero attached hydrogens (tertiary/aromatic N) is 1. The molecule has 0 radical (unpaired) electrons. The third-order valence-electron chi connectivity index (χ3n) is 3.39. The molecule has 0 saturated heterocycles. The standard InChI is InChI=1S/C14H15BrN2/c1-2-8-5-10(15)6-11-12(16)7-13(9-3-4-9)17-14(8)11/h5-7,9H,2-4H2,1H3,(H2,16,17). The van der Waals surface area contributed by atoms with Gasteiger partial charge in [-0.2, -0.15) is 0 Å². The molecule has 0 aliphatic heterocycles. The van der Waals surface area contributed by atoms with Crippen LogP contribution in [-0.4, -0.2) is 4.98 Å². The van der Waals surface area contributed by atoms with E-state index in [1.165, 1.54) is 24.1 Å². The van der Waals surface area contributed by atoms with E-state index in [0.29, 0.717) is 5.92 Å². The number of hydrogen-bond acceptors (Lipinski definition) is 2. The van der Waals surface area contributed by atoms with Gasteiger partial charge in [0.1, 0.15) is 0 Å². The largest absolute Gasteiger partial charge is 0.398 e. The summed E-state index contributed by atoms with van der Waals surface area (Å²) in [6.45, 7) is 2.16. The van der Waals surface area contributed by atoms with Crippen molar-refractivity contribution in [2.75, 3.05) is 5.73 Å².